The first-order valence-corrected chi connectivity index (χ1v) is 12.6. The Morgan fingerprint density at radius 2 is 1.79 bits per heavy atom. The number of aromatic nitrogens is 2. The highest BCUT2D eigenvalue weighted by Crippen LogP contribution is 2.39. The Kier molecular flexibility index (Phi) is 7.20. The zero-order chi connectivity index (χ0) is 27.6. The molecule has 0 saturated heterocycles. The van der Waals surface area contributed by atoms with Crippen molar-refractivity contribution in [2.75, 3.05) is 5.32 Å². The first kappa shape index (κ1) is 26.2. The summed E-state index contributed by atoms with van der Waals surface area (Å²) in [5.41, 5.74) is 0.256. The Morgan fingerprint density at radius 3 is 2.49 bits per heavy atom. The smallest absolute Gasteiger partial charge is 0.318 e. The van der Waals surface area contributed by atoms with E-state index < -0.39 is 29.3 Å². The molecule has 0 bridgehead atoms. The predicted molar refractivity (Wildman–Crippen MR) is 138 cm³/mol. The second-order valence-corrected chi connectivity index (χ2v) is 9.66. The number of hydrogen-bond donors (Lipinski definition) is 1. The lowest BCUT2D eigenvalue weighted by atomic mass is 9.86. The van der Waals surface area contributed by atoms with E-state index in [0.717, 1.165) is 28.7 Å². The van der Waals surface area contributed by atoms with Gasteiger partial charge in [0.1, 0.15) is 11.5 Å². The Hall–Kier alpha value is -4.45. The number of rotatable bonds is 8. The van der Waals surface area contributed by atoms with Gasteiger partial charge in [-0.25, -0.2) is 9.07 Å². The minimum absolute atomic E-state index is 0.0286. The van der Waals surface area contributed by atoms with E-state index in [9.17, 15) is 27.6 Å². The number of anilines is 1. The first-order valence-electron chi connectivity index (χ1n) is 12.6. The fraction of sp³-hybridized carbons (Fsp3) is 0.233. The number of carbonyl (C=O) groups is 1. The van der Waals surface area contributed by atoms with Gasteiger partial charge in [0, 0.05) is 12.0 Å². The van der Waals surface area contributed by atoms with Crippen LogP contribution in [0.3, 0.4) is 0 Å². The van der Waals surface area contributed by atoms with Crippen molar-refractivity contribution in [2.24, 2.45) is 5.92 Å². The standard InChI is InChI=1S/C30H24F4N4O/c31-25-14-12-22(24(13-11-19-9-10-19)21-6-2-1-3-7-21)16-26(25)36-29(39)27-17-28(30(32,33)34)37-38(27)23-8-4-5-20(15-23)18-35/h1-8,12,14-17,19,24H,9-11,13H2,(H,36,39). The third kappa shape index (κ3) is 6.01. The number of nitriles is 1. The number of nitrogens with one attached hydrogen (secondary N) is 1. The van der Waals surface area contributed by atoms with Gasteiger partial charge in [-0.15, -0.1) is 0 Å². The second kappa shape index (κ2) is 10.7. The summed E-state index contributed by atoms with van der Waals surface area (Å²) in [6.07, 6.45) is -0.526. The van der Waals surface area contributed by atoms with Gasteiger partial charge < -0.3 is 5.32 Å². The highest BCUT2D eigenvalue weighted by atomic mass is 19.4. The average molecular weight is 533 g/mol. The minimum Gasteiger partial charge on any atom is -0.318 e. The molecule has 1 amide bonds. The van der Waals surface area contributed by atoms with E-state index in [-0.39, 0.29) is 22.9 Å². The summed E-state index contributed by atoms with van der Waals surface area (Å²) in [5, 5.41) is 15.2. The Morgan fingerprint density at radius 1 is 1.03 bits per heavy atom. The van der Waals surface area contributed by atoms with Gasteiger partial charge >= 0.3 is 6.18 Å². The van der Waals surface area contributed by atoms with Gasteiger partial charge in [0.2, 0.25) is 0 Å². The maximum absolute atomic E-state index is 14.9. The molecule has 9 heteroatoms. The van der Waals surface area contributed by atoms with Gasteiger partial charge in [-0.2, -0.15) is 23.5 Å². The van der Waals surface area contributed by atoms with Crippen molar-refractivity contribution >= 4 is 11.6 Å². The summed E-state index contributed by atoms with van der Waals surface area (Å²) in [6, 6.07) is 22.5. The van der Waals surface area contributed by atoms with E-state index in [0.29, 0.717) is 12.0 Å². The van der Waals surface area contributed by atoms with E-state index in [1.807, 2.05) is 36.4 Å². The average Bonchev–Trinajstić information content (AvgIpc) is 3.64. The third-order valence-electron chi connectivity index (χ3n) is 6.86. The molecule has 4 aromatic rings. The zero-order valence-corrected chi connectivity index (χ0v) is 20.8. The zero-order valence-electron chi connectivity index (χ0n) is 20.8. The summed E-state index contributed by atoms with van der Waals surface area (Å²) in [6.45, 7) is 0. The molecule has 1 heterocycles. The number of hydrogen-bond acceptors (Lipinski definition) is 3. The SMILES string of the molecule is N#Cc1cccc(-n2nc(C(F)(F)F)cc2C(=O)Nc2cc(C(CCC3CC3)c3ccccc3)ccc2F)c1. The van der Waals surface area contributed by atoms with Crippen molar-refractivity contribution in [2.45, 2.75) is 37.8 Å². The molecule has 1 saturated carbocycles. The lowest BCUT2D eigenvalue weighted by molar-refractivity contribution is -0.141. The lowest BCUT2D eigenvalue weighted by Gasteiger charge is -2.19. The molecule has 1 atom stereocenters. The molecule has 1 aromatic heterocycles. The van der Waals surface area contributed by atoms with Crippen molar-refractivity contribution in [3.05, 3.63) is 113 Å². The van der Waals surface area contributed by atoms with Crippen LogP contribution >= 0.6 is 0 Å². The van der Waals surface area contributed by atoms with Crippen molar-refractivity contribution in [1.29, 1.82) is 5.26 Å². The number of alkyl halides is 3. The molecule has 39 heavy (non-hydrogen) atoms. The molecule has 3 aromatic carbocycles. The van der Waals surface area contributed by atoms with Crippen LogP contribution in [0.4, 0.5) is 23.2 Å². The maximum atomic E-state index is 14.9. The highest BCUT2D eigenvalue weighted by molar-refractivity contribution is 6.03. The molecular formula is C30H24F4N4O. The van der Waals surface area contributed by atoms with Crippen molar-refractivity contribution in [1.82, 2.24) is 9.78 Å². The number of benzene rings is 3. The maximum Gasteiger partial charge on any atom is 0.435 e. The summed E-state index contributed by atoms with van der Waals surface area (Å²) in [5.74, 6) is -1.02. The molecule has 0 spiro atoms. The summed E-state index contributed by atoms with van der Waals surface area (Å²) >= 11 is 0. The van der Waals surface area contributed by atoms with Gasteiger partial charge in [-0.05, 0) is 60.2 Å². The van der Waals surface area contributed by atoms with E-state index in [4.69, 9.17) is 0 Å². The summed E-state index contributed by atoms with van der Waals surface area (Å²) in [7, 11) is 0. The normalized spacial score (nSPS) is 14.0. The minimum atomic E-state index is -4.82. The van der Waals surface area contributed by atoms with Gasteiger partial charge in [0.15, 0.2) is 5.69 Å². The van der Waals surface area contributed by atoms with Crippen LogP contribution in [0.25, 0.3) is 5.69 Å². The topological polar surface area (TPSA) is 70.7 Å². The van der Waals surface area contributed by atoms with Crippen LogP contribution in [-0.2, 0) is 6.18 Å². The van der Waals surface area contributed by atoms with E-state index >= 15 is 0 Å². The largest absolute Gasteiger partial charge is 0.435 e. The first-order chi connectivity index (χ1) is 18.7. The van der Waals surface area contributed by atoms with Crippen molar-refractivity contribution < 1.29 is 22.4 Å². The molecule has 1 fully saturated rings. The molecule has 198 valence electrons. The molecule has 1 aliphatic carbocycles. The third-order valence-corrected chi connectivity index (χ3v) is 6.86. The Labute approximate surface area is 222 Å². The van der Waals surface area contributed by atoms with Crippen LogP contribution in [0.5, 0.6) is 0 Å². The number of halogens is 4. The lowest BCUT2D eigenvalue weighted by Crippen LogP contribution is -2.18. The Balaban J connectivity index is 1.49. The van der Waals surface area contributed by atoms with E-state index in [1.165, 1.54) is 43.2 Å². The van der Waals surface area contributed by atoms with E-state index in [1.54, 1.807) is 12.1 Å². The van der Waals surface area contributed by atoms with Crippen LogP contribution in [0, 0.1) is 23.1 Å². The molecule has 1 unspecified atom stereocenters. The molecule has 1 N–H and O–H groups in total. The molecule has 0 aliphatic heterocycles. The van der Waals surface area contributed by atoms with Gasteiger partial charge in [0.05, 0.1) is 23.0 Å². The van der Waals surface area contributed by atoms with Crippen LogP contribution in [0.2, 0.25) is 0 Å². The molecule has 5 rings (SSSR count). The molecular weight excluding hydrogens is 508 g/mol. The van der Waals surface area contributed by atoms with Gasteiger partial charge in [0.25, 0.3) is 5.91 Å². The molecule has 5 nitrogen and oxygen atoms in total. The fourth-order valence-corrected chi connectivity index (χ4v) is 4.65. The van der Waals surface area contributed by atoms with Crippen molar-refractivity contribution in [3.8, 4) is 11.8 Å². The Bertz CT molecular complexity index is 1530. The van der Waals surface area contributed by atoms with E-state index in [2.05, 4.69) is 10.4 Å². The second-order valence-electron chi connectivity index (χ2n) is 9.66. The van der Waals surface area contributed by atoms with Crippen LogP contribution < -0.4 is 5.32 Å². The van der Waals surface area contributed by atoms with Gasteiger partial charge in [-0.1, -0.05) is 55.3 Å². The number of nitrogens with zero attached hydrogens (tertiary/aromatic N) is 3. The van der Waals surface area contributed by atoms with Crippen LogP contribution in [0.15, 0.2) is 78.9 Å². The summed E-state index contributed by atoms with van der Waals surface area (Å²) < 4.78 is 56.2. The highest BCUT2D eigenvalue weighted by Gasteiger charge is 2.36. The van der Waals surface area contributed by atoms with Crippen molar-refractivity contribution in [3.63, 3.8) is 0 Å². The molecule has 1 aliphatic rings. The predicted octanol–water partition coefficient (Wildman–Crippen LogP) is 7.48. The quantitative estimate of drug-likeness (QED) is 0.239. The van der Waals surface area contributed by atoms with Gasteiger partial charge in [-0.3, -0.25) is 4.79 Å². The molecule has 0 radical (unpaired) electrons. The number of carbonyl (C=O) groups excluding carboxylic acids is 1. The number of amides is 1. The van der Waals surface area contributed by atoms with Crippen LogP contribution in [0.1, 0.15) is 64.5 Å². The monoisotopic (exact) mass is 532 g/mol. The van der Waals surface area contributed by atoms with Crippen LogP contribution in [-0.4, -0.2) is 15.7 Å². The summed E-state index contributed by atoms with van der Waals surface area (Å²) in [4.78, 5) is 13.3. The fourth-order valence-electron chi connectivity index (χ4n) is 4.65.